The standard InChI is InChI=1S/C18H33N7O/c1-5-20-18(25-8-6-7-14(12-25)9-17(19)26)21-11-16(23(2)3)15-10-22-24(4)13-15/h10,13-14,16H,5-9,11-12H2,1-4H3,(H2,19,26)(H,20,21). The molecule has 2 rings (SSSR count). The number of hydrogen-bond acceptors (Lipinski definition) is 4. The molecule has 8 nitrogen and oxygen atoms in total. The summed E-state index contributed by atoms with van der Waals surface area (Å²) < 4.78 is 1.82. The van der Waals surface area contributed by atoms with Gasteiger partial charge in [-0.2, -0.15) is 5.10 Å². The summed E-state index contributed by atoms with van der Waals surface area (Å²) in [7, 11) is 6.05. The number of amides is 1. The van der Waals surface area contributed by atoms with E-state index < -0.39 is 0 Å². The number of aromatic nitrogens is 2. The summed E-state index contributed by atoms with van der Waals surface area (Å²) >= 11 is 0. The maximum absolute atomic E-state index is 11.3. The first-order chi connectivity index (χ1) is 12.4. The molecule has 26 heavy (non-hydrogen) atoms. The van der Waals surface area contributed by atoms with Gasteiger partial charge in [0.2, 0.25) is 5.91 Å². The Balaban J connectivity index is 2.10. The van der Waals surface area contributed by atoms with Gasteiger partial charge in [0.25, 0.3) is 0 Å². The van der Waals surface area contributed by atoms with Crippen molar-refractivity contribution < 1.29 is 4.79 Å². The number of primary amides is 1. The second-order valence-corrected chi connectivity index (χ2v) is 7.25. The second kappa shape index (κ2) is 9.56. The molecule has 0 aromatic carbocycles. The lowest BCUT2D eigenvalue weighted by molar-refractivity contribution is -0.119. The maximum Gasteiger partial charge on any atom is 0.217 e. The average molecular weight is 364 g/mol. The number of hydrogen-bond donors (Lipinski definition) is 2. The van der Waals surface area contributed by atoms with Crippen molar-refractivity contribution in [2.24, 2.45) is 23.7 Å². The lowest BCUT2D eigenvalue weighted by atomic mass is 9.95. The fourth-order valence-electron chi connectivity index (χ4n) is 3.49. The van der Waals surface area contributed by atoms with Crippen molar-refractivity contribution in [1.29, 1.82) is 0 Å². The molecule has 1 saturated heterocycles. The third-order valence-electron chi connectivity index (χ3n) is 4.79. The van der Waals surface area contributed by atoms with Crippen LogP contribution in [0.3, 0.4) is 0 Å². The van der Waals surface area contributed by atoms with Crippen LogP contribution in [-0.4, -0.2) is 71.7 Å². The van der Waals surface area contributed by atoms with Crippen LogP contribution in [0, 0.1) is 5.92 Å². The zero-order chi connectivity index (χ0) is 19.1. The third kappa shape index (κ3) is 5.72. The molecule has 1 fully saturated rings. The number of carbonyl (C=O) groups excluding carboxylic acids is 1. The van der Waals surface area contributed by atoms with Crippen molar-refractivity contribution in [3.63, 3.8) is 0 Å². The molecule has 2 heterocycles. The zero-order valence-corrected chi connectivity index (χ0v) is 16.5. The maximum atomic E-state index is 11.3. The van der Waals surface area contributed by atoms with Gasteiger partial charge < -0.3 is 20.9 Å². The number of piperidine rings is 1. The summed E-state index contributed by atoms with van der Waals surface area (Å²) in [5, 5.41) is 7.68. The largest absolute Gasteiger partial charge is 0.370 e. The molecule has 2 atom stereocenters. The Morgan fingerprint density at radius 2 is 2.31 bits per heavy atom. The topological polar surface area (TPSA) is 91.8 Å². The summed E-state index contributed by atoms with van der Waals surface area (Å²) in [6.07, 6.45) is 6.50. The number of guanidine groups is 1. The molecule has 0 aliphatic carbocycles. The first-order valence-electron chi connectivity index (χ1n) is 9.37. The second-order valence-electron chi connectivity index (χ2n) is 7.25. The van der Waals surface area contributed by atoms with Gasteiger partial charge in [0.15, 0.2) is 5.96 Å². The number of nitrogens with two attached hydrogens (primary N) is 1. The minimum Gasteiger partial charge on any atom is -0.370 e. The van der Waals surface area contributed by atoms with Crippen molar-refractivity contribution in [3.8, 4) is 0 Å². The van der Waals surface area contributed by atoms with Gasteiger partial charge in [-0.15, -0.1) is 0 Å². The minimum atomic E-state index is -0.219. The Hall–Kier alpha value is -2.09. The molecule has 0 saturated carbocycles. The van der Waals surface area contributed by atoms with E-state index in [1.54, 1.807) is 0 Å². The molecule has 0 radical (unpaired) electrons. The molecular weight excluding hydrogens is 330 g/mol. The van der Waals surface area contributed by atoms with E-state index >= 15 is 0 Å². The number of nitrogens with one attached hydrogen (secondary N) is 1. The normalized spacial score (nSPS) is 19.7. The molecule has 0 bridgehead atoms. The van der Waals surface area contributed by atoms with Crippen LogP contribution in [0.4, 0.5) is 0 Å². The first-order valence-corrected chi connectivity index (χ1v) is 9.37. The number of aryl methyl sites for hydroxylation is 1. The highest BCUT2D eigenvalue weighted by Gasteiger charge is 2.24. The van der Waals surface area contributed by atoms with Crippen molar-refractivity contribution in [2.75, 3.05) is 40.3 Å². The van der Waals surface area contributed by atoms with Crippen LogP contribution >= 0.6 is 0 Å². The average Bonchev–Trinajstić information content (AvgIpc) is 2.99. The van der Waals surface area contributed by atoms with Gasteiger partial charge in [-0.1, -0.05) is 0 Å². The van der Waals surface area contributed by atoms with Crippen molar-refractivity contribution in [2.45, 2.75) is 32.2 Å². The number of likely N-dealkylation sites (N-methyl/N-ethyl adjacent to an activating group) is 1. The number of aliphatic imine (C=N–C) groups is 1. The van der Waals surface area contributed by atoms with E-state index in [0.717, 1.165) is 44.0 Å². The van der Waals surface area contributed by atoms with E-state index in [4.69, 9.17) is 10.7 Å². The van der Waals surface area contributed by atoms with Gasteiger partial charge in [0.05, 0.1) is 18.8 Å². The number of nitrogens with zero attached hydrogens (tertiary/aromatic N) is 5. The highest BCUT2D eigenvalue weighted by atomic mass is 16.1. The zero-order valence-electron chi connectivity index (χ0n) is 16.5. The van der Waals surface area contributed by atoms with E-state index in [0.29, 0.717) is 18.9 Å². The summed E-state index contributed by atoms with van der Waals surface area (Å²) in [5.74, 6) is 1.01. The molecule has 0 spiro atoms. The molecular formula is C18H33N7O. The van der Waals surface area contributed by atoms with Crippen LogP contribution < -0.4 is 11.1 Å². The molecule has 146 valence electrons. The lowest BCUT2D eigenvalue weighted by Crippen LogP contribution is -2.47. The summed E-state index contributed by atoms with van der Waals surface area (Å²) in [6.45, 7) is 5.33. The Kier molecular flexibility index (Phi) is 7.44. The highest BCUT2D eigenvalue weighted by molar-refractivity contribution is 5.80. The Bertz CT molecular complexity index is 610. The minimum absolute atomic E-state index is 0.170. The SMILES string of the molecule is CCNC(=NCC(c1cnn(C)c1)N(C)C)N1CCCC(CC(N)=O)C1. The van der Waals surface area contributed by atoms with Crippen LogP contribution in [-0.2, 0) is 11.8 Å². The van der Waals surface area contributed by atoms with Gasteiger partial charge in [-0.05, 0) is 39.8 Å². The molecule has 3 N–H and O–H groups in total. The van der Waals surface area contributed by atoms with E-state index in [1.807, 2.05) is 24.1 Å². The van der Waals surface area contributed by atoms with E-state index in [2.05, 4.69) is 41.2 Å². The number of likely N-dealkylation sites (tertiary alicyclic amines) is 1. The Morgan fingerprint density at radius 3 is 2.88 bits per heavy atom. The fourth-order valence-corrected chi connectivity index (χ4v) is 3.49. The Morgan fingerprint density at radius 1 is 1.54 bits per heavy atom. The molecule has 1 aromatic rings. The van der Waals surface area contributed by atoms with Gasteiger partial charge >= 0.3 is 0 Å². The van der Waals surface area contributed by atoms with Gasteiger partial charge in [0.1, 0.15) is 0 Å². The Labute approximate surface area is 156 Å². The number of carbonyl (C=O) groups is 1. The van der Waals surface area contributed by atoms with Crippen molar-refractivity contribution in [3.05, 3.63) is 18.0 Å². The summed E-state index contributed by atoms with van der Waals surface area (Å²) in [4.78, 5) is 20.6. The van der Waals surface area contributed by atoms with Gasteiger partial charge in [-0.3, -0.25) is 14.5 Å². The van der Waals surface area contributed by atoms with Crippen molar-refractivity contribution in [1.82, 2.24) is 24.9 Å². The van der Waals surface area contributed by atoms with Gasteiger partial charge in [0, 0.05) is 44.9 Å². The van der Waals surface area contributed by atoms with Crippen LogP contribution in [0.5, 0.6) is 0 Å². The first kappa shape index (κ1) is 20.2. The molecule has 1 aliphatic rings. The van der Waals surface area contributed by atoms with E-state index in [9.17, 15) is 4.79 Å². The van der Waals surface area contributed by atoms with Crippen LogP contribution in [0.1, 0.15) is 37.8 Å². The molecule has 1 amide bonds. The molecule has 2 unspecified atom stereocenters. The third-order valence-corrected chi connectivity index (χ3v) is 4.79. The number of rotatable bonds is 7. The van der Waals surface area contributed by atoms with Crippen LogP contribution in [0.25, 0.3) is 0 Å². The highest BCUT2D eigenvalue weighted by Crippen LogP contribution is 2.21. The molecule has 1 aromatic heterocycles. The van der Waals surface area contributed by atoms with Crippen molar-refractivity contribution >= 4 is 11.9 Å². The van der Waals surface area contributed by atoms with Crippen LogP contribution in [0.2, 0.25) is 0 Å². The summed E-state index contributed by atoms with van der Waals surface area (Å²) in [5.41, 5.74) is 6.54. The van der Waals surface area contributed by atoms with E-state index in [1.165, 1.54) is 0 Å². The fraction of sp³-hybridized carbons (Fsp3) is 0.722. The van der Waals surface area contributed by atoms with Crippen LogP contribution in [0.15, 0.2) is 17.4 Å². The lowest BCUT2D eigenvalue weighted by Gasteiger charge is -2.35. The van der Waals surface area contributed by atoms with Gasteiger partial charge in [-0.25, -0.2) is 0 Å². The predicted octanol–water partition coefficient (Wildman–Crippen LogP) is 0.576. The predicted molar refractivity (Wildman–Crippen MR) is 104 cm³/mol. The monoisotopic (exact) mass is 363 g/mol. The quantitative estimate of drug-likeness (QED) is 0.546. The van der Waals surface area contributed by atoms with E-state index in [-0.39, 0.29) is 11.9 Å². The summed E-state index contributed by atoms with van der Waals surface area (Å²) in [6, 6.07) is 0.170. The molecule has 8 heteroatoms. The molecule has 1 aliphatic heterocycles. The smallest absolute Gasteiger partial charge is 0.217 e.